The number of imidazole rings is 1. The molecule has 14 heteroatoms. The molecule has 40 heavy (non-hydrogen) atoms. The molecule has 0 amide bonds. The largest absolute Gasteiger partial charge is 0.522 e. The predicted octanol–water partition coefficient (Wildman–Crippen LogP) is 5.33. The van der Waals surface area contributed by atoms with E-state index >= 15 is 0 Å². The molecule has 2 aliphatic rings. The Hall–Kier alpha value is -1.18. The standard InChI is InChI=1S/C26H41N4O6PS2Si/c1-15(2)16-9-10-26(6,38)19(11-16)36-37(39)35-17-12-20(34-18(17)13-33-40(7,8)25(3,4)5)30-14-27-21-22(30)28-24(32)29-23(21)31/h14,16-20H,1,9-13H2,2-8H3,(H2-,28,29,31,32,38)/p+1/t16-,17-,18+,19+,20+,26+/m0/s1. The van der Waals surface area contributed by atoms with Gasteiger partial charge in [-0.05, 0) is 57.2 Å². The third-order valence-electron chi connectivity index (χ3n) is 8.70. The van der Waals surface area contributed by atoms with E-state index in [1.807, 2.05) is 0 Å². The highest BCUT2D eigenvalue weighted by atomic mass is 32.4. The van der Waals surface area contributed by atoms with Crippen LogP contribution in [0.3, 0.4) is 0 Å². The maximum absolute atomic E-state index is 12.2. The van der Waals surface area contributed by atoms with Crippen molar-refractivity contribution in [2.75, 3.05) is 6.61 Å². The van der Waals surface area contributed by atoms with Crippen LogP contribution in [0.25, 0.3) is 11.2 Å². The summed E-state index contributed by atoms with van der Waals surface area (Å²) < 4.78 is 27.0. The summed E-state index contributed by atoms with van der Waals surface area (Å²) in [7, 11) is -3.76. The van der Waals surface area contributed by atoms with Crippen LogP contribution in [-0.4, -0.2) is 57.5 Å². The Morgan fingerprint density at radius 1 is 1.32 bits per heavy atom. The molecule has 222 valence electrons. The van der Waals surface area contributed by atoms with Gasteiger partial charge in [-0.2, -0.15) is 12.6 Å². The number of rotatable bonds is 9. The highest BCUT2D eigenvalue weighted by molar-refractivity contribution is 8.00. The zero-order chi connectivity index (χ0) is 29.6. The van der Waals surface area contributed by atoms with Gasteiger partial charge in [0.2, 0.25) is 11.8 Å². The summed E-state index contributed by atoms with van der Waals surface area (Å²) in [5.41, 5.74) is 0.401. The molecule has 2 fully saturated rings. The number of aromatic amines is 2. The van der Waals surface area contributed by atoms with E-state index in [0.717, 1.165) is 24.8 Å². The molecule has 7 atom stereocenters. The van der Waals surface area contributed by atoms with Crippen LogP contribution < -0.4 is 11.2 Å². The van der Waals surface area contributed by atoms with Crippen molar-refractivity contribution in [2.24, 2.45) is 5.92 Å². The molecule has 3 heterocycles. The second kappa shape index (κ2) is 11.8. The molecule has 0 aromatic carbocycles. The predicted molar refractivity (Wildman–Crippen MR) is 166 cm³/mol. The highest BCUT2D eigenvalue weighted by Gasteiger charge is 2.47. The van der Waals surface area contributed by atoms with Gasteiger partial charge in [-0.25, -0.2) is 9.78 Å². The molecule has 1 aliphatic carbocycles. The monoisotopic (exact) mass is 629 g/mol. The minimum Gasteiger partial charge on any atom is -0.414 e. The molecule has 0 radical (unpaired) electrons. The van der Waals surface area contributed by atoms with Crippen molar-refractivity contribution < 1.29 is 18.2 Å². The number of hydrogen-bond donors (Lipinski definition) is 3. The lowest BCUT2D eigenvalue weighted by Gasteiger charge is -2.38. The molecule has 0 spiro atoms. The molecule has 1 saturated heterocycles. The molecule has 1 unspecified atom stereocenters. The normalized spacial score (nSPS) is 30.1. The molecule has 10 nitrogen and oxygen atoms in total. The van der Waals surface area contributed by atoms with Gasteiger partial charge in [-0.1, -0.05) is 32.9 Å². The molecule has 4 rings (SSSR count). The fraction of sp³-hybridized carbons (Fsp3) is 0.731. The molecular weight excluding hydrogens is 588 g/mol. The van der Waals surface area contributed by atoms with Gasteiger partial charge >= 0.3 is 12.8 Å². The Balaban J connectivity index is 1.54. The third kappa shape index (κ3) is 6.89. The molecule has 1 saturated carbocycles. The lowest BCUT2D eigenvalue weighted by atomic mass is 9.77. The smallest absolute Gasteiger partial charge is 0.414 e. The van der Waals surface area contributed by atoms with Crippen molar-refractivity contribution in [1.29, 1.82) is 0 Å². The summed E-state index contributed by atoms with van der Waals surface area (Å²) in [6, 6.07) is 0. The van der Waals surface area contributed by atoms with Crippen LogP contribution in [0.4, 0.5) is 0 Å². The van der Waals surface area contributed by atoms with Gasteiger partial charge in [0.1, 0.15) is 30.2 Å². The Labute approximate surface area is 247 Å². The summed E-state index contributed by atoms with van der Waals surface area (Å²) in [4.78, 5) is 33.3. The van der Waals surface area contributed by atoms with Gasteiger partial charge in [0.15, 0.2) is 13.8 Å². The fourth-order valence-corrected chi connectivity index (χ4v) is 7.96. The van der Waals surface area contributed by atoms with E-state index in [0.29, 0.717) is 24.6 Å². The third-order valence-corrected chi connectivity index (χ3v) is 15.1. The van der Waals surface area contributed by atoms with Crippen LogP contribution in [0.2, 0.25) is 18.1 Å². The second-order valence-corrected chi connectivity index (χ2v) is 20.4. The first-order valence-electron chi connectivity index (χ1n) is 13.7. The van der Waals surface area contributed by atoms with Gasteiger partial charge in [0.25, 0.3) is 5.56 Å². The lowest BCUT2D eigenvalue weighted by Crippen LogP contribution is -2.44. The number of thiol groups is 1. The average Bonchev–Trinajstić information content (AvgIpc) is 3.42. The molecule has 2 aromatic rings. The van der Waals surface area contributed by atoms with Gasteiger partial charge in [-0.3, -0.25) is 19.3 Å². The highest BCUT2D eigenvalue weighted by Crippen LogP contribution is 2.47. The number of ether oxygens (including phenoxy) is 1. The van der Waals surface area contributed by atoms with Gasteiger partial charge in [0.05, 0.1) is 12.9 Å². The minimum atomic E-state index is -2.08. The van der Waals surface area contributed by atoms with Crippen LogP contribution in [0.5, 0.6) is 0 Å². The van der Waals surface area contributed by atoms with Crippen molar-refractivity contribution >= 4 is 51.1 Å². The van der Waals surface area contributed by atoms with Crippen LogP contribution in [-0.2, 0) is 30.0 Å². The van der Waals surface area contributed by atoms with E-state index < -0.39 is 45.2 Å². The maximum Gasteiger partial charge on any atom is 0.522 e. The fourth-order valence-electron chi connectivity index (χ4n) is 4.91. The Morgan fingerprint density at radius 2 is 2.02 bits per heavy atom. The molecule has 2 N–H and O–H groups in total. The first-order valence-corrected chi connectivity index (χ1v) is 19.2. The Kier molecular flexibility index (Phi) is 9.39. The molecular formula is C26H42N4O6PS2Si+. The van der Waals surface area contributed by atoms with E-state index in [1.165, 1.54) is 6.33 Å². The summed E-state index contributed by atoms with van der Waals surface area (Å²) in [5.74, 6) is 0.369. The SMILES string of the molecule is C=C(C)[C@H]1CC[C@@](C)(S)[C@H](O[P+](=S)O[C@H]2C[C@H](n3cnc4c(=O)[nH]c(=O)[nH]c43)O[C@@H]2CO[Si](C)(C)C(C)(C)C)C1. The quantitative estimate of drug-likeness (QED) is 0.147. The summed E-state index contributed by atoms with van der Waals surface area (Å²) in [5, 5.41) is 0.0218. The Bertz CT molecular complexity index is 1380. The second-order valence-electron chi connectivity index (χ2n) is 12.8. The van der Waals surface area contributed by atoms with E-state index in [-0.39, 0.29) is 21.4 Å². The number of allylic oxidation sites excluding steroid dienone is 1. The molecule has 1 aliphatic heterocycles. The van der Waals surface area contributed by atoms with Gasteiger partial charge < -0.3 is 9.16 Å². The number of aromatic nitrogens is 4. The van der Waals surface area contributed by atoms with E-state index in [1.54, 1.807) is 4.57 Å². The number of nitrogens with one attached hydrogen (secondary N) is 2. The molecule has 2 aromatic heterocycles. The first-order chi connectivity index (χ1) is 18.5. The minimum absolute atomic E-state index is 0.0218. The lowest BCUT2D eigenvalue weighted by molar-refractivity contribution is -0.0371. The van der Waals surface area contributed by atoms with Gasteiger partial charge in [-0.15, -0.1) is 9.05 Å². The topological polar surface area (TPSA) is 120 Å². The number of H-pyrrole nitrogens is 2. The summed E-state index contributed by atoms with van der Waals surface area (Å²) >= 11 is 10.7. The average molecular weight is 630 g/mol. The number of fused-ring (bicyclic) bond motifs is 1. The van der Waals surface area contributed by atoms with E-state index in [9.17, 15) is 9.59 Å². The van der Waals surface area contributed by atoms with E-state index in [4.69, 9.17) is 42.6 Å². The van der Waals surface area contributed by atoms with Crippen molar-refractivity contribution in [3.8, 4) is 0 Å². The number of hydrogen-bond acceptors (Lipinski definition) is 9. The van der Waals surface area contributed by atoms with Crippen molar-refractivity contribution in [3.05, 3.63) is 39.3 Å². The van der Waals surface area contributed by atoms with Crippen molar-refractivity contribution in [1.82, 2.24) is 19.5 Å². The van der Waals surface area contributed by atoms with Gasteiger partial charge in [0, 0.05) is 11.2 Å². The first kappa shape index (κ1) is 31.7. The summed E-state index contributed by atoms with van der Waals surface area (Å²) in [6.07, 6.45) is 3.09. The van der Waals surface area contributed by atoms with Crippen molar-refractivity contribution in [3.63, 3.8) is 0 Å². The van der Waals surface area contributed by atoms with E-state index in [2.05, 4.69) is 69.2 Å². The maximum atomic E-state index is 12.2. The van der Waals surface area contributed by atoms with Crippen LogP contribution in [0.15, 0.2) is 28.1 Å². The Morgan fingerprint density at radius 3 is 2.67 bits per heavy atom. The molecule has 0 bridgehead atoms. The number of nitrogens with zero attached hydrogens (tertiary/aromatic N) is 2. The zero-order valence-electron chi connectivity index (χ0n) is 24.4. The zero-order valence-corrected chi connectivity index (χ0v) is 28.0. The summed E-state index contributed by atoms with van der Waals surface area (Å²) in [6.45, 7) is 19.5. The van der Waals surface area contributed by atoms with Crippen molar-refractivity contribution in [2.45, 2.75) is 108 Å². The van der Waals surface area contributed by atoms with Crippen LogP contribution in [0.1, 0.15) is 66.5 Å². The van der Waals surface area contributed by atoms with Crippen LogP contribution >= 0.6 is 19.8 Å². The van der Waals surface area contributed by atoms with Crippen LogP contribution in [0, 0.1) is 5.92 Å².